The highest BCUT2D eigenvalue weighted by Crippen LogP contribution is 2.35. The number of halogens is 1. The van der Waals surface area contributed by atoms with E-state index in [1.165, 1.54) is 17.3 Å². The molecular weight excluding hydrogens is 274 g/mol. The Morgan fingerprint density at radius 1 is 1.65 bits per heavy atom. The maximum Gasteiger partial charge on any atom is 0.0834 e. The molecule has 1 aliphatic heterocycles. The topological polar surface area (TPSA) is 29.9 Å². The molecule has 1 saturated heterocycles. The van der Waals surface area contributed by atoms with Crippen LogP contribution >= 0.6 is 35.1 Å². The molecule has 0 aliphatic carbocycles. The highest BCUT2D eigenvalue weighted by Gasteiger charge is 2.29. The maximum absolute atomic E-state index is 6.26. The highest BCUT2D eigenvalue weighted by molar-refractivity contribution is 8.06. The number of nitrogens with one attached hydrogen (secondary N) is 1. The van der Waals surface area contributed by atoms with E-state index in [-0.39, 0.29) is 0 Å². The molecule has 0 aromatic carbocycles. The first kappa shape index (κ1) is 13.6. The molecule has 2 rings (SSSR count). The van der Waals surface area contributed by atoms with Gasteiger partial charge in [-0.25, -0.2) is 0 Å². The van der Waals surface area contributed by atoms with Gasteiger partial charge in [0, 0.05) is 29.6 Å². The quantitative estimate of drug-likeness (QED) is 0.923. The lowest BCUT2D eigenvalue weighted by Crippen LogP contribution is -2.35. The molecule has 2 atom stereocenters. The molecule has 6 heteroatoms. The van der Waals surface area contributed by atoms with Crippen molar-refractivity contribution in [2.45, 2.75) is 18.2 Å². The molecule has 2 unspecified atom stereocenters. The summed E-state index contributed by atoms with van der Waals surface area (Å²) in [6, 6.07) is 0.304. The van der Waals surface area contributed by atoms with E-state index in [1.807, 2.05) is 35.3 Å². The minimum atomic E-state index is 0.304. The predicted octanol–water partition coefficient (Wildman–Crippen LogP) is 2.57. The Labute approximate surface area is 116 Å². The average molecular weight is 292 g/mol. The zero-order chi connectivity index (χ0) is 12.3. The lowest BCUT2D eigenvalue weighted by molar-refractivity contribution is 0.509. The summed E-state index contributed by atoms with van der Waals surface area (Å²) in [6.45, 7) is 3.09. The van der Waals surface area contributed by atoms with Crippen LogP contribution in [0.2, 0.25) is 5.02 Å². The Morgan fingerprint density at radius 3 is 3.00 bits per heavy atom. The second-order valence-corrected chi connectivity index (χ2v) is 6.92. The van der Waals surface area contributed by atoms with Crippen molar-refractivity contribution in [1.82, 2.24) is 15.1 Å². The number of aromatic nitrogens is 2. The van der Waals surface area contributed by atoms with E-state index < -0.39 is 0 Å². The van der Waals surface area contributed by atoms with Crippen molar-refractivity contribution >= 4 is 35.1 Å². The van der Waals surface area contributed by atoms with Gasteiger partial charge in [0.15, 0.2) is 0 Å². The van der Waals surface area contributed by atoms with E-state index in [0.29, 0.717) is 11.3 Å². The van der Waals surface area contributed by atoms with Gasteiger partial charge in [-0.05, 0) is 6.54 Å². The summed E-state index contributed by atoms with van der Waals surface area (Å²) in [4.78, 5) is 0. The largest absolute Gasteiger partial charge is 0.308 e. The lowest BCUT2D eigenvalue weighted by Gasteiger charge is -2.30. The Kier molecular flexibility index (Phi) is 5.09. The van der Waals surface area contributed by atoms with Crippen molar-refractivity contribution in [3.8, 4) is 0 Å². The van der Waals surface area contributed by atoms with Gasteiger partial charge in [-0.1, -0.05) is 18.5 Å². The lowest BCUT2D eigenvalue weighted by atomic mass is 10.1. The van der Waals surface area contributed by atoms with Crippen molar-refractivity contribution in [1.29, 1.82) is 0 Å². The van der Waals surface area contributed by atoms with Gasteiger partial charge in [-0.2, -0.15) is 28.6 Å². The number of aryl methyl sites for hydroxylation is 1. The van der Waals surface area contributed by atoms with E-state index in [2.05, 4.69) is 17.3 Å². The van der Waals surface area contributed by atoms with Crippen LogP contribution in [0.15, 0.2) is 6.20 Å². The first-order valence-electron chi connectivity index (χ1n) is 5.84. The van der Waals surface area contributed by atoms with E-state index in [9.17, 15) is 0 Å². The van der Waals surface area contributed by atoms with Crippen LogP contribution in [0.3, 0.4) is 0 Å². The number of thioether (sulfide) groups is 2. The number of rotatable bonds is 4. The minimum absolute atomic E-state index is 0.304. The van der Waals surface area contributed by atoms with Crippen LogP contribution in [0.1, 0.15) is 18.7 Å². The molecule has 1 aromatic rings. The van der Waals surface area contributed by atoms with Gasteiger partial charge < -0.3 is 5.32 Å². The minimum Gasteiger partial charge on any atom is -0.308 e. The third kappa shape index (κ3) is 3.13. The summed E-state index contributed by atoms with van der Waals surface area (Å²) in [5, 5.41) is 9.16. The smallest absolute Gasteiger partial charge is 0.0834 e. The predicted molar refractivity (Wildman–Crippen MR) is 78.2 cm³/mol. The molecule has 2 heterocycles. The van der Waals surface area contributed by atoms with Crippen LogP contribution < -0.4 is 5.32 Å². The molecule has 0 saturated carbocycles. The second-order valence-electron chi connectivity index (χ2n) is 4.02. The Morgan fingerprint density at radius 2 is 2.47 bits per heavy atom. The van der Waals surface area contributed by atoms with Gasteiger partial charge in [0.05, 0.1) is 23.0 Å². The molecule has 96 valence electrons. The van der Waals surface area contributed by atoms with Crippen LogP contribution in [0.4, 0.5) is 0 Å². The van der Waals surface area contributed by atoms with E-state index in [0.717, 1.165) is 17.3 Å². The first-order valence-corrected chi connectivity index (χ1v) is 8.42. The van der Waals surface area contributed by atoms with Crippen molar-refractivity contribution in [2.24, 2.45) is 7.05 Å². The van der Waals surface area contributed by atoms with Crippen molar-refractivity contribution in [2.75, 3.05) is 23.8 Å². The third-order valence-corrected chi connectivity index (χ3v) is 6.02. The summed E-state index contributed by atoms with van der Waals surface area (Å²) in [5.74, 6) is 3.68. The molecule has 1 aliphatic rings. The molecule has 17 heavy (non-hydrogen) atoms. The fourth-order valence-electron chi connectivity index (χ4n) is 2.09. The molecule has 0 bridgehead atoms. The van der Waals surface area contributed by atoms with Crippen molar-refractivity contribution in [3.63, 3.8) is 0 Å². The Hall–Kier alpha value is 0.160. The van der Waals surface area contributed by atoms with E-state index >= 15 is 0 Å². The SMILES string of the molecule is CCNC(c1c(Cl)cnn1C)C1CSCCS1. The number of hydrogen-bond acceptors (Lipinski definition) is 4. The van der Waals surface area contributed by atoms with Gasteiger partial charge in [0.2, 0.25) is 0 Å². The summed E-state index contributed by atoms with van der Waals surface area (Å²) in [7, 11) is 1.96. The zero-order valence-corrected chi connectivity index (χ0v) is 12.5. The van der Waals surface area contributed by atoms with E-state index in [4.69, 9.17) is 11.6 Å². The molecule has 1 fully saturated rings. The van der Waals surface area contributed by atoms with E-state index in [1.54, 1.807) is 6.20 Å². The molecule has 0 spiro atoms. The molecule has 1 N–H and O–H groups in total. The maximum atomic E-state index is 6.26. The zero-order valence-electron chi connectivity index (χ0n) is 10.1. The van der Waals surface area contributed by atoms with Crippen LogP contribution in [0, 0.1) is 0 Å². The van der Waals surface area contributed by atoms with Crippen LogP contribution in [0.5, 0.6) is 0 Å². The molecular formula is C11H18ClN3S2. The fraction of sp³-hybridized carbons (Fsp3) is 0.727. The Bertz CT molecular complexity index is 344. The third-order valence-electron chi connectivity index (χ3n) is 2.87. The average Bonchev–Trinajstić information content (AvgIpc) is 2.68. The van der Waals surface area contributed by atoms with Gasteiger partial charge in [0.1, 0.15) is 0 Å². The van der Waals surface area contributed by atoms with Crippen LogP contribution in [-0.2, 0) is 7.05 Å². The monoisotopic (exact) mass is 291 g/mol. The molecule has 0 amide bonds. The number of hydrogen-bond donors (Lipinski definition) is 1. The normalized spacial score (nSPS) is 22.6. The second kappa shape index (κ2) is 6.36. The van der Waals surface area contributed by atoms with Crippen molar-refractivity contribution in [3.05, 3.63) is 16.9 Å². The standard InChI is InChI=1S/C11H18ClN3S2/c1-3-13-10(9-7-16-4-5-17-9)11-8(12)6-14-15(11)2/h6,9-10,13H,3-5,7H2,1-2H3. The molecule has 1 aromatic heterocycles. The van der Waals surface area contributed by atoms with Gasteiger partial charge in [0.25, 0.3) is 0 Å². The van der Waals surface area contributed by atoms with Crippen LogP contribution in [0.25, 0.3) is 0 Å². The van der Waals surface area contributed by atoms with Gasteiger partial charge >= 0.3 is 0 Å². The molecule has 3 nitrogen and oxygen atoms in total. The van der Waals surface area contributed by atoms with Gasteiger partial charge in [-0.3, -0.25) is 4.68 Å². The summed E-state index contributed by atoms with van der Waals surface area (Å²) in [5.41, 5.74) is 1.12. The summed E-state index contributed by atoms with van der Waals surface area (Å²) < 4.78 is 1.90. The fourth-order valence-corrected chi connectivity index (χ4v) is 5.22. The van der Waals surface area contributed by atoms with Gasteiger partial charge in [-0.15, -0.1) is 0 Å². The van der Waals surface area contributed by atoms with Crippen LogP contribution in [-0.4, -0.2) is 38.8 Å². The van der Waals surface area contributed by atoms with Crippen molar-refractivity contribution < 1.29 is 0 Å². The Balaban J connectivity index is 2.21. The summed E-state index contributed by atoms with van der Waals surface area (Å²) in [6.07, 6.45) is 1.74. The first-order chi connectivity index (χ1) is 8.24. The summed E-state index contributed by atoms with van der Waals surface area (Å²) >= 11 is 10.3. The molecule has 0 radical (unpaired) electrons. The number of nitrogens with zero attached hydrogens (tertiary/aromatic N) is 2. The highest BCUT2D eigenvalue weighted by atomic mass is 35.5.